The van der Waals surface area contributed by atoms with Crippen molar-refractivity contribution in [1.82, 2.24) is 14.9 Å². The molecule has 9 nitrogen and oxygen atoms in total. The van der Waals surface area contributed by atoms with Crippen LogP contribution in [0.25, 0.3) is 39.1 Å². The summed E-state index contributed by atoms with van der Waals surface area (Å²) in [7, 11) is 0. The third-order valence-electron chi connectivity index (χ3n) is 9.60. The Balaban J connectivity index is 1.41. The number of phenols is 1. The molecule has 2 aromatic carbocycles. The molecule has 3 aliphatic rings. The summed E-state index contributed by atoms with van der Waals surface area (Å²) in [6.07, 6.45) is 3.47. The fraction of sp³-hybridized carbons (Fsp3) is 0.441. The highest BCUT2D eigenvalue weighted by Crippen LogP contribution is 2.42. The lowest BCUT2D eigenvalue weighted by Gasteiger charge is -2.31. The third kappa shape index (κ3) is 5.11. The Morgan fingerprint density at radius 3 is 2.89 bits per heavy atom. The zero-order valence-electron chi connectivity index (χ0n) is 25.4. The molecule has 0 saturated carbocycles. The summed E-state index contributed by atoms with van der Waals surface area (Å²) in [6, 6.07) is 5.91. The van der Waals surface area contributed by atoms with Crippen molar-refractivity contribution in [1.29, 1.82) is 0 Å². The van der Waals surface area contributed by atoms with Crippen molar-refractivity contribution >= 4 is 33.6 Å². The lowest BCUT2D eigenvalue weighted by atomic mass is 9.94. The molecule has 0 amide bonds. The lowest BCUT2D eigenvalue weighted by Crippen LogP contribution is -2.43. The molecule has 7 rings (SSSR count). The van der Waals surface area contributed by atoms with Crippen molar-refractivity contribution in [3.63, 3.8) is 0 Å². The van der Waals surface area contributed by atoms with Crippen molar-refractivity contribution in [3.05, 3.63) is 58.2 Å². The highest BCUT2D eigenvalue weighted by molar-refractivity contribution is 6.04. The summed E-state index contributed by atoms with van der Waals surface area (Å²) < 4.78 is 47.6. The molecule has 2 aromatic heterocycles. The van der Waals surface area contributed by atoms with Crippen molar-refractivity contribution in [2.45, 2.75) is 57.3 Å². The summed E-state index contributed by atoms with van der Waals surface area (Å²) in [4.78, 5) is 27.5. The van der Waals surface area contributed by atoms with Gasteiger partial charge in [-0.25, -0.2) is 13.6 Å². The summed E-state index contributed by atoms with van der Waals surface area (Å²) in [5.74, 6) is -0.0474. The van der Waals surface area contributed by atoms with Gasteiger partial charge in [-0.3, -0.25) is 4.90 Å². The van der Waals surface area contributed by atoms with E-state index in [1.807, 2.05) is 11.8 Å². The number of anilines is 1. The number of hydrogen-bond acceptors (Lipinski definition) is 9. The number of hydrogen-bond donors (Lipinski definition) is 1. The molecule has 0 spiro atoms. The van der Waals surface area contributed by atoms with Gasteiger partial charge in [-0.15, -0.1) is 0 Å². The standard InChI is InChI=1S/C34H36F2N4O5/c1-4-24-26(36)7-6-21-14-23(41)15-25(27(21)24)30-20(3)29-28(32(42)45-30)31(39-11-8-19(2)43-13-12-39)38-33(37-29)44-18-34-9-5-10-40(34)17-22(35)16-34/h4,6-7,14-15,19,22,41H,1,5,8-13,16-18H2,2-3H3/t19?,22-,34-/m1/s1. The van der Waals surface area contributed by atoms with E-state index in [0.29, 0.717) is 65.9 Å². The van der Waals surface area contributed by atoms with Gasteiger partial charge >= 0.3 is 11.6 Å². The van der Waals surface area contributed by atoms with E-state index in [1.165, 1.54) is 24.3 Å². The van der Waals surface area contributed by atoms with E-state index < -0.39 is 23.2 Å². The smallest absolute Gasteiger partial charge is 0.349 e. The predicted molar refractivity (Wildman–Crippen MR) is 168 cm³/mol. The lowest BCUT2D eigenvalue weighted by molar-refractivity contribution is 0.0787. The largest absolute Gasteiger partial charge is 0.508 e. The Morgan fingerprint density at radius 1 is 1.22 bits per heavy atom. The normalized spacial score (nSPS) is 23.9. The van der Waals surface area contributed by atoms with Gasteiger partial charge in [0.15, 0.2) is 5.82 Å². The van der Waals surface area contributed by atoms with E-state index in [-0.39, 0.29) is 41.2 Å². The number of aryl methyl sites for hydroxylation is 1. The second-order valence-corrected chi connectivity index (χ2v) is 12.5. The number of ether oxygens (including phenoxy) is 2. The number of aromatic hydroxyl groups is 1. The van der Waals surface area contributed by atoms with E-state index in [1.54, 1.807) is 13.0 Å². The van der Waals surface area contributed by atoms with Gasteiger partial charge in [-0.1, -0.05) is 18.7 Å². The van der Waals surface area contributed by atoms with Gasteiger partial charge in [-0.05, 0) is 63.2 Å². The van der Waals surface area contributed by atoms with Crippen LogP contribution >= 0.6 is 0 Å². The van der Waals surface area contributed by atoms with Gasteiger partial charge in [0.25, 0.3) is 0 Å². The number of nitrogens with zero attached hydrogens (tertiary/aromatic N) is 4. The Kier molecular flexibility index (Phi) is 7.48. The van der Waals surface area contributed by atoms with Crippen LogP contribution in [0.1, 0.15) is 43.7 Å². The first-order valence-corrected chi connectivity index (χ1v) is 15.5. The third-order valence-corrected chi connectivity index (χ3v) is 9.60. The van der Waals surface area contributed by atoms with E-state index >= 15 is 0 Å². The second kappa shape index (κ2) is 11.4. The molecular weight excluding hydrogens is 582 g/mol. The highest BCUT2D eigenvalue weighted by atomic mass is 19.1. The first-order chi connectivity index (χ1) is 21.7. The fourth-order valence-corrected chi connectivity index (χ4v) is 7.35. The summed E-state index contributed by atoms with van der Waals surface area (Å²) >= 11 is 0. The second-order valence-electron chi connectivity index (χ2n) is 12.5. The average Bonchev–Trinajstić information content (AvgIpc) is 3.45. The number of rotatable bonds is 6. The molecule has 1 N–H and O–H groups in total. The first kappa shape index (κ1) is 29.6. The number of fused-ring (bicyclic) bond motifs is 3. The topological polar surface area (TPSA) is 101 Å². The van der Waals surface area contributed by atoms with Crippen LogP contribution in [-0.2, 0) is 4.74 Å². The van der Waals surface area contributed by atoms with Gasteiger partial charge in [0.2, 0.25) is 0 Å². The maximum absolute atomic E-state index is 14.9. The maximum atomic E-state index is 14.9. The molecule has 3 saturated heterocycles. The van der Waals surface area contributed by atoms with Gasteiger partial charge in [0.05, 0.1) is 23.8 Å². The summed E-state index contributed by atoms with van der Waals surface area (Å²) in [6.45, 7) is 10.5. The quantitative estimate of drug-likeness (QED) is 0.289. The van der Waals surface area contributed by atoms with Gasteiger partial charge in [-0.2, -0.15) is 9.97 Å². The molecular formula is C34H36F2N4O5. The molecule has 0 radical (unpaired) electrons. The minimum absolute atomic E-state index is 0.0468. The Labute approximate surface area is 259 Å². The Morgan fingerprint density at radius 2 is 2.07 bits per heavy atom. The first-order valence-electron chi connectivity index (χ1n) is 15.5. The molecule has 1 unspecified atom stereocenters. The molecule has 236 valence electrons. The molecule has 11 heteroatoms. The van der Waals surface area contributed by atoms with Gasteiger partial charge < -0.3 is 23.9 Å². The SMILES string of the molecule is C=Cc1c(F)ccc2cc(O)cc(-c3oc(=O)c4c(N5CCOC(C)CC5)nc(OC[C@]56CCCN5C[C@H](F)C6)nc4c3C)c12. The number of phenolic OH excluding ortho intramolecular Hbond substituents is 1. The van der Waals surface area contributed by atoms with E-state index in [2.05, 4.69) is 11.5 Å². The van der Waals surface area contributed by atoms with Crippen LogP contribution in [0.15, 0.2) is 40.1 Å². The van der Waals surface area contributed by atoms with Crippen molar-refractivity contribution in [3.8, 4) is 23.1 Å². The van der Waals surface area contributed by atoms with Crippen molar-refractivity contribution < 1.29 is 27.8 Å². The molecule has 3 aliphatic heterocycles. The van der Waals surface area contributed by atoms with E-state index in [0.717, 1.165) is 25.8 Å². The van der Waals surface area contributed by atoms with Crippen LogP contribution in [-0.4, -0.2) is 77.2 Å². The van der Waals surface area contributed by atoms with Crippen molar-refractivity contribution in [2.24, 2.45) is 0 Å². The maximum Gasteiger partial charge on any atom is 0.349 e. The van der Waals surface area contributed by atoms with Gasteiger partial charge in [0.1, 0.15) is 35.5 Å². The summed E-state index contributed by atoms with van der Waals surface area (Å²) in [5, 5.41) is 11.8. The molecule has 45 heavy (non-hydrogen) atoms. The molecule has 0 aliphatic carbocycles. The van der Waals surface area contributed by atoms with Crippen LogP contribution in [0.5, 0.6) is 11.8 Å². The molecule has 3 atom stereocenters. The predicted octanol–water partition coefficient (Wildman–Crippen LogP) is 5.77. The van der Waals surface area contributed by atoms with Crippen LogP contribution in [0.3, 0.4) is 0 Å². The van der Waals surface area contributed by atoms with E-state index in [4.69, 9.17) is 23.9 Å². The summed E-state index contributed by atoms with van der Waals surface area (Å²) in [5.41, 5.74) is 0.285. The van der Waals surface area contributed by atoms with Crippen LogP contribution < -0.4 is 15.3 Å². The fourth-order valence-electron chi connectivity index (χ4n) is 7.35. The number of benzene rings is 2. The molecule has 0 bridgehead atoms. The zero-order chi connectivity index (χ0) is 31.5. The number of halogens is 2. The Hall–Kier alpha value is -4.09. The van der Waals surface area contributed by atoms with Crippen LogP contribution in [0, 0.1) is 12.7 Å². The minimum atomic E-state index is -0.905. The van der Waals surface area contributed by atoms with Crippen LogP contribution in [0.4, 0.5) is 14.6 Å². The average molecular weight is 619 g/mol. The monoisotopic (exact) mass is 618 g/mol. The molecule has 5 heterocycles. The number of alkyl halides is 1. The Bertz CT molecular complexity index is 1880. The number of aromatic nitrogens is 2. The molecule has 4 aromatic rings. The van der Waals surface area contributed by atoms with Crippen LogP contribution in [0.2, 0.25) is 0 Å². The highest BCUT2D eigenvalue weighted by Gasteiger charge is 2.49. The molecule has 3 fully saturated rings. The minimum Gasteiger partial charge on any atom is -0.508 e. The van der Waals surface area contributed by atoms with E-state index in [9.17, 15) is 18.7 Å². The van der Waals surface area contributed by atoms with Crippen molar-refractivity contribution in [2.75, 3.05) is 44.3 Å². The van der Waals surface area contributed by atoms with Gasteiger partial charge in [0, 0.05) is 48.1 Å². The zero-order valence-corrected chi connectivity index (χ0v) is 25.4.